The van der Waals surface area contributed by atoms with Crippen molar-refractivity contribution in [1.29, 1.82) is 0 Å². The zero-order valence-corrected chi connectivity index (χ0v) is 11.4. The number of carbonyl (C=O) groups is 1. The van der Waals surface area contributed by atoms with Gasteiger partial charge >= 0.3 is 0 Å². The van der Waals surface area contributed by atoms with Crippen LogP contribution in [0.5, 0.6) is 0 Å². The summed E-state index contributed by atoms with van der Waals surface area (Å²) < 4.78 is 0. The van der Waals surface area contributed by atoms with Crippen LogP contribution in [0.2, 0.25) is 0 Å². The highest BCUT2D eigenvalue weighted by molar-refractivity contribution is 5.95. The van der Waals surface area contributed by atoms with Crippen LogP contribution in [0, 0.1) is 0 Å². The molecule has 1 aromatic rings. The molecule has 0 radical (unpaired) electrons. The van der Waals surface area contributed by atoms with E-state index < -0.39 is 0 Å². The molecule has 4 nitrogen and oxygen atoms in total. The molecule has 2 heterocycles. The van der Waals surface area contributed by atoms with E-state index in [4.69, 9.17) is 0 Å². The summed E-state index contributed by atoms with van der Waals surface area (Å²) in [6.45, 7) is 3.13. The molecule has 19 heavy (non-hydrogen) atoms. The average Bonchev–Trinajstić information content (AvgIpc) is 3.00. The van der Waals surface area contributed by atoms with Crippen LogP contribution in [0.4, 0.5) is 11.4 Å². The van der Waals surface area contributed by atoms with Gasteiger partial charge in [-0.05, 0) is 50.7 Å². The molecule has 1 N–H and O–H groups in total. The van der Waals surface area contributed by atoms with Crippen LogP contribution in [0.1, 0.15) is 19.3 Å². The van der Waals surface area contributed by atoms with Crippen molar-refractivity contribution in [2.75, 3.05) is 36.9 Å². The topological polar surface area (TPSA) is 35.6 Å². The summed E-state index contributed by atoms with van der Waals surface area (Å²) in [6.07, 6.45) is 2.87. The van der Waals surface area contributed by atoms with Crippen molar-refractivity contribution >= 4 is 17.3 Å². The first-order chi connectivity index (χ1) is 9.22. The number of likely N-dealkylation sites (N-methyl/N-ethyl adjacent to an activating group) is 1. The van der Waals surface area contributed by atoms with Crippen LogP contribution in [-0.2, 0) is 4.79 Å². The number of hydrogen-bond acceptors (Lipinski definition) is 3. The fourth-order valence-electron chi connectivity index (χ4n) is 2.95. The van der Waals surface area contributed by atoms with E-state index in [1.165, 1.54) is 6.42 Å². The van der Waals surface area contributed by atoms with Crippen LogP contribution >= 0.6 is 0 Å². The Kier molecular flexibility index (Phi) is 3.42. The predicted molar refractivity (Wildman–Crippen MR) is 77.6 cm³/mol. The van der Waals surface area contributed by atoms with Gasteiger partial charge in [-0.15, -0.1) is 0 Å². The van der Waals surface area contributed by atoms with Crippen molar-refractivity contribution in [3.63, 3.8) is 0 Å². The molecular weight excluding hydrogens is 238 g/mol. The molecule has 1 atom stereocenters. The van der Waals surface area contributed by atoms with E-state index in [9.17, 15) is 4.79 Å². The van der Waals surface area contributed by atoms with Gasteiger partial charge in [0.25, 0.3) is 0 Å². The van der Waals surface area contributed by atoms with Gasteiger partial charge in [-0.25, -0.2) is 0 Å². The van der Waals surface area contributed by atoms with Gasteiger partial charge in [0.05, 0.1) is 0 Å². The molecule has 1 amide bonds. The Bertz CT molecular complexity index is 457. The Balaban J connectivity index is 1.64. The highest BCUT2D eigenvalue weighted by Crippen LogP contribution is 2.24. The number of amides is 1. The van der Waals surface area contributed by atoms with E-state index in [0.717, 1.165) is 37.4 Å². The number of rotatable bonds is 3. The molecule has 2 saturated heterocycles. The van der Waals surface area contributed by atoms with Crippen molar-refractivity contribution in [2.24, 2.45) is 0 Å². The molecule has 2 fully saturated rings. The molecule has 0 aliphatic carbocycles. The van der Waals surface area contributed by atoms with Gasteiger partial charge in [-0.1, -0.05) is 0 Å². The summed E-state index contributed by atoms with van der Waals surface area (Å²) in [5.74, 6) is 0.248. The van der Waals surface area contributed by atoms with Gasteiger partial charge < -0.3 is 15.1 Å². The Morgan fingerprint density at radius 1 is 1.21 bits per heavy atom. The molecule has 1 unspecified atom stereocenters. The summed E-state index contributed by atoms with van der Waals surface area (Å²) in [5, 5.41) is 3.56. The fraction of sp³-hybridized carbons (Fsp3) is 0.533. The van der Waals surface area contributed by atoms with Gasteiger partial charge in [0, 0.05) is 36.9 Å². The zero-order valence-electron chi connectivity index (χ0n) is 11.4. The van der Waals surface area contributed by atoms with Crippen LogP contribution < -0.4 is 10.2 Å². The SMILES string of the molecule is CN1CCC(Nc2ccc(N3CCCC3=O)cc2)C1. The monoisotopic (exact) mass is 259 g/mol. The summed E-state index contributed by atoms with van der Waals surface area (Å²) in [7, 11) is 2.16. The Labute approximate surface area is 114 Å². The third kappa shape index (κ3) is 2.73. The van der Waals surface area contributed by atoms with Crippen LogP contribution in [-0.4, -0.2) is 43.5 Å². The molecule has 0 bridgehead atoms. The average molecular weight is 259 g/mol. The summed E-state index contributed by atoms with van der Waals surface area (Å²) >= 11 is 0. The Hall–Kier alpha value is -1.55. The smallest absolute Gasteiger partial charge is 0.227 e. The van der Waals surface area contributed by atoms with Crippen LogP contribution in [0.15, 0.2) is 24.3 Å². The molecule has 0 spiro atoms. The van der Waals surface area contributed by atoms with Crippen LogP contribution in [0.3, 0.4) is 0 Å². The second-order valence-corrected chi connectivity index (χ2v) is 5.59. The van der Waals surface area contributed by atoms with Crippen molar-refractivity contribution in [1.82, 2.24) is 4.90 Å². The first-order valence-electron chi connectivity index (χ1n) is 7.08. The number of anilines is 2. The lowest BCUT2D eigenvalue weighted by atomic mass is 10.2. The van der Waals surface area contributed by atoms with Crippen molar-refractivity contribution in [2.45, 2.75) is 25.3 Å². The second-order valence-electron chi connectivity index (χ2n) is 5.59. The number of likely N-dealkylation sites (tertiary alicyclic amines) is 1. The number of hydrogen-bond donors (Lipinski definition) is 1. The van der Waals surface area contributed by atoms with E-state index in [1.807, 2.05) is 17.0 Å². The standard InChI is InChI=1S/C15H21N3O/c1-17-10-8-13(11-17)16-12-4-6-14(7-5-12)18-9-2-3-15(18)19/h4-7,13,16H,2-3,8-11H2,1H3. The summed E-state index contributed by atoms with van der Waals surface area (Å²) in [5.41, 5.74) is 2.17. The first kappa shape index (κ1) is 12.5. The Morgan fingerprint density at radius 2 is 2.00 bits per heavy atom. The lowest BCUT2D eigenvalue weighted by molar-refractivity contribution is -0.117. The van der Waals surface area contributed by atoms with E-state index in [-0.39, 0.29) is 5.91 Å². The fourth-order valence-corrected chi connectivity index (χ4v) is 2.95. The van der Waals surface area contributed by atoms with Gasteiger partial charge in [0.15, 0.2) is 0 Å². The van der Waals surface area contributed by atoms with Gasteiger partial charge in [-0.2, -0.15) is 0 Å². The largest absolute Gasteiger partial charge is 0.381 e. The van der Waals surface area contributed by atoms with E-state index in [2.05, 4.69) is 29.4 Å². The molecule has 2 aliphatic heterocycles. The number of nitrogens with zero attached hydrogens (tertiary/aromatic N) is 2. The van der Waals surface area contributed by atoms with Crippen molar-refractivity contribution in [3.8, 4) is 0 Å². The van der Waals surface area contributed by atoms with Gasteiger partial charge in [0.1, 0.15) is 0 Å². The number of benzene rings is 1. The number of nitrogens with one attached hydrogen (secondary N) is 1. The molecule has 4 heteroatoms. The molecule has 102 valence electrons. The minimum atomic E-state index is 0.248. The highest BCUT2D eigenvalue weighted by atomic mass is 16.2. The van der Waals surface area contributed by atoms with Gasteiger partial charge in [-0.3, -0.25) is 4.79 Å². The molecular formula is C15H21N3O. The third-order valence-corrected chi connectivity index (χ3v) is 4.01. The van der Waals surface area contributed by atoms with E-state index >= 15 is 0 Å². The molecule has 2 aliphatic rings. The molecule has 3 rings (SSSR count). The van der Waals surface area contributed by atoms with Crippen molar-refractivity contribution in [3.05, 3.63) is 24.3 Å². The zero-order chi connectivity index (χ0) is 13.2. The maximum Gasteiger partial charge on any atom is 0.227 e. The quantitative estimate of drug-likeness (QED) is 0.901. The maximum absolute atomic E-state index is 11.7. The molecule has 1 aromatic carbocycles. The van der Waals surface area contributed by atoms with Gasteiger partial charge in [0.2, 0.25) is 5.91 Å². The first-order valence-corrected chi connectivity index (χ1v) is 7.08. The van der Waals surface area contributed by atoms with E-state index in [1.54, 1.807) is 0 Å². The highest BCUT2D eigenvalue weighted by Gasteiger charge is 2.22. The summed E-state index contributed by atoms with van der Waals surface area (Å²) in [6, 6.07) is 8.80. The molecule has 0 aromatic heterocycles. The summed E-state index contributed by atoms with van der Waals surface area (Å²) in [4.78, 5) is 15.9. The lowest BCUT2D eigenvalue weighted by Gasteiger charge is -2.18. The normalized spacial score (nSPS) is 24.2. The maximum atomic E-state index is 11.7. The molecule has 0 saturated carbocycles. The van der Waals surface area contributed by atoms with E-state index in [0.29, 0.717) is 12.5 Å². The lowest BCUT2D eigenvalue weighted by Crippen LogP contribution is -2.24. The van der Waals surface area contributed by atoms with Crippen molar-refractivity contribution < 1.29 is 4.79 Å². The van der Waals surface area contributed by atoms with Crippen LogP contribution in [0.25, 0.3) is 0 Å². The predicted octanol–water partition coefficient (Wildman–Crippen LogP) is 1.93. The Morgan fingerprint density at radius 3 is 2.58 bits per heavy atom. The number of carbonyl (C=O) groups excluding carboxylic acids is 1. The minimum absolute atomic E-state index is 0.248. The second kappa shape index (κ2) is 5.21. The minimum Gasteiger partial charge on any atom is -0.381 e. The third-order valence-electron chi connectivity index (χ3n) is 4.01.